The van der Waals surface area contributed by atoms with Crippen molar-refractivity contribution in [3.63, 3.8) is 0 Å². The molecule has 1 unspecified atom stereocenters. The molecule has 2 aromatic heterocycles. The number of amides is 1. The fraction of sp³-hybridized carbons (Fsp3) is 0.357. The van der Waals surface area contributed by atoms with Gasteiger partial charge in [-0.2, -0.15) is 0 Å². The van der Waals surface area contributed by atoms with Gasteiger partial charge in [0.2, 0.25) is 0 Å². The van der Waals surface area contributed by atoms with Gasteiger partial charge in [-0.1, -0.05) is 6.07 Å². The predicted octanol–water partition coefficient (Wildman–Crippen LogP) is 1.20. The van der Waals surface area contributed by atoms with Gasteiger partial charge < -0.3 is 9.30 Å². The SMILES string of the molecule is CS(=O)(=O)C1CCN(C(=O)c2cc3ccccn3c2)C1. The highest BCUT2D eigenvalue weighted by Crippen LogP contribution is 2.20. The molecule has 3 heterocycles. The summed E-state index contributed by atoms with van der Waals surface area (Å²) in [6.07, 6.45) is 5.43. The molecule has 0 radical (unpaired) electrons. The van der Waals surface area contributed by atoms with Gasteiger partial charge >= 0.3 is 0 Å². The summed E-state index contributed by atoms with van der Waals surface area (Å²) in [6, 6.07) is 7.58. The van der Waals surface area contributed by atoms with Crippen molar-refractivity contribution in [3.8, 4) is 0 Å². The highest BCUT2D eigenvalue weighted by atomic mass is 32.2. The maximum absolute atomic E-state index is 12.4. The van der Waals surface area contributed by atoms with Crippen LogP contribution in [0.25, 0.3) is 5.52 Å². The number of hydrogen-bond donors (Lipinski definition) is 0. The van der Waals surface area contributed by atoms with Gasteiger partial charge in [-0.25, -0.2) is 8.42 Å². The Kier molecular flexibility index (Phi) is 3.05. The summed E-state index contributed by atoms with van der Waals surface area (Å²) in [5.41, 5.74) is 1.56. The molecule has 0 N–H and O–H groups in total. The third kappa shape index (κ3) is 2.31. The molecule has 1 aliphatic heterocycles. The lowest BCUT2D eigenvalue weighted by molar-refractivity contribution is 0.0793. The average molecular weight is 292 g/mol. The number of likely N-dealkylation sites (tertiary alicyclic amines) is 1. The monoisotopic (exact) mass is 292 g/mol. The summed E-state index contributed by atoms with van der Waals surface area (Å²) in [4.78, 5) is 14.0. The van der Waals surface area contributed by atoms with E-state index in [1.165, 1.54) is 6.26 Å². The molecule has 106 valence electrons. The lowest BCUT2D eigenvalue weighted by Gasteiger charge is -2.15. The van der Waals surface area contributed by atoms with Crippen LogP contribution in [0.1, 0.15) is 16.8 Å². The molecule has 3 rings (SSSR count). The molecule has 0 saturated carbocycles. The Hall–Kier alpha value is -1.82. The quantitative estimate of drug-likeness (QED) is 0.835. The van der Waals surface area contributed by atoms with Crippen LogP contribution in [0.4, 0.5) is 0 Å². The highest BCUT2D eigenvalue weighted by molar-refractivity contribution is 7.91. The Bertz CT molecular complexity index is 731. The van der Waals surface area contributed by atoms with Crippen molar-refractivity contribution >= 4 is 21.3 Å². The second-order valence-corrected chi connectivity index (χ2v) is 7.58. The molecule has 1 amide bonds. The predicted molar refractivity (Wildman–Crippen MR) is 76.5 cm³/mol. The first kappa shape index (κ1) is 13.2. The van der Waals surface area contributed by atoms with E-state index in [0.717, 1.165) is 5.52 Å². The molecule has 0 bridgehead atoms. The summed E-state index contributed by atoms with van der Waals surface area (Å²) in [6.45, 7) is 0.798. The van der Waals surface area contributed by atoms with Crippen LogP contribution in [0.2, 0.25) is 0 Å². The van der Waals surface area contributed by atoms with Crippen molar-refractivity contribution in [1.82, 2.24) is 9.30 Å². The molecular weight excluding hydrogens is 276 g/mol. The van der Waals surface area contributed by atoms with Crippen LogP contribution in [-0.2, 0) is 9.84 Å². The summed E-state index contributed by atoms with van der Waals surface area (Å²) in [5, 5.41) is -0.427. The van der Waals surface area contributed by atoms with Gasteiger partial charge in [0.1, 0.15) is 0 Å². The summed E-state index contributed by atoms with van der Waals surface area (Å²) < 4.78 is 25.0. The average Bonchev–Trinajstić information content (AvgIpc) is 3.04. The third-order valence-electron chi connectivity index (χ3n) is 3.79. The van der Waals surface area contributed by atoms with Gasteiger partial charge in [-0.15, -0.1) is 0 Å². The first-order valence-electron chi connectivity index (χ1n) is 6.50. The number of fused-ring (bicyclic) bond motifs is 1. The zero-order valence-electron chi connectivity index (χ0n) is 11.2. The van der Waals surface area contributed by atoms with Crippen molar-refractivity contribution < 1.29 is 13.2 Å². The van der Waals surface area contributed by atoms with Crippen LogP contribution >= 0.6 is 0 Å². The second-order valence-electron chi connectivity index (χ2n) is 5.25. The number of rotatable bonds is 2. The minimum atomic E-state index is -3.07. The Morgan fingerprint density at radius 1 is 1.35 bits per heavy atom. The smallest absolute Gasteiger partial charge is 0.255 e. The van der Waals surface area contributed by atoms with Crippen LogP contribution in [0.3, 0.4) is 0 Å². The molecule has 0 aliphatic carbocycles. The number of nitrogens with zero attached hydrogens (tertiary/aromatic N) is 2. The van der Waals surface area contributed by atoms with Crippen molar-refractivity contribution in [2.75, 3.05) is 19.3 Å². The van der Waals surface area contributed by atoms with E-state index in [1.807, 2.05) is 34.9 Å². The topological polar surface area (TPSA) is 58.9 Å². The van der Waals surface area contributed by atoms with Crippen molar-refractivity contribution in [3.05, 3.63) is 42.2 Å². The van der Waals surface area contributed by atoms with Gasteiger partial charge in [0.05, 0.1) is 10.8 Å². The minimum Gasteiger partial charge on any atom is -0.337 e. The summed E-state index contributed by atoms with van der Waals surface area (Å²) in [7, 11) is -3.07. The molecule has 5 nitrogen and oxygen atoms in total. The summed E-state index contributed by atoms with van der Waals surface area (Å²) >= 11 is 0. The number of sulfone groups is 1. The van der Waals surface area contributed by atoms with E-state index in [0.29, 0.717) is 25.1 Å². The molecule has 20 heavy (non-hydrogen) atoms. The van der Waals surface area contributed by atoms with E-state index >= 15 is 0 Å². The van der Waals surface area contributed by atoms with Gasteiger partial charge in [-0.3, -0.25) is 4.79 Å². The minimum absolute atomic E-state index is 0.0974. The van der Waals surface area contributed by atoms with Crippen LogP contribution in [-0.4, -0.2) is 48.2 Å². The van der Waals surface area contributed by atoms with E-state index < -0.39 is 15.1 Å². The van der Waals surface area contributed by atoms with E-state index in [4.69, 9.17) is 0 Å². The highest BCUT2D eigenvalue weighted by Gasteiger charge is 2.33. The zero-order chi connectivity index (χ0) is 14.3. The molecule has 6 heteroatoms. The maximum atomic E-state index is 12.4. The number of hydrogen-bond acceptors (Lipinski definition) is 3. The van der Waals surface area contributed by atoms with E-state index in [1.54, 1.807) is 11.1 Å². The van der Waals surface area contributed by atoms with E-state index in [2.05, 4.69) is 0 Å². The fourth-order valence-electron chi connectivity index (χ4n) is 2.62. The molecule has 2 aromatic rings. The Morgan fingerprint density at radius 3 is 2.80 bits per heavy atom. The van der Waals surface area contributed by atoms with Gasteiger partial charge in [-0.05, 0) is 24.6 Å². The molecular formula is C14H16N2O3S. The summed E-state index contributed by atoms with van der Waals surface area (Å²) in [5.74, 6) is -0.0974. The van der Waals surface area contributed by atoms with E-state index in [9.17, 15) is 13.2 Å². The fourth-order valence-corrected chi connectivity index (χ4v) is 3.60. The third-order valence-corrected chi connectivity index (χ3v) is 5.38. The zero-order valence-corrected chi connectivity index (χ0v) is 12.0. The second kappa shape index (κ2) is 4.63. The normalized spacial score (nSPS) is 19.6. The van der Waals surface area contributed by atoms with Crippen LogP contribution in [0.5, 0.6) is 0 Å². The maximum Gasteiger partial charge on any atom is 0.255 e. The molecule has 0 aromatic carbocycles. The van der Waals surface area contributed by atoms with Crippen LogP contribution < -0.4 is 0 Å². The largest absolute Gasteiger partial charge is 0.337 e. The van der Waals surface area contributed by atoms with Crippen molar-refractivity contribution in [2.24, 2.45) is 0 Å². The number of carbonyl (C=O) groups is 1. The Morgan fingerprint density at radius 2 is 2.15 bits per heavy atom. The lowest BCUT2D eigenvalue weighted by Crippen LogP contribution is -2.31. The van der Waals surface area contributed by atoms with Crippen LogP contribution in [0, 0.1) is 0 Å². The first-order chi connectivity index (χ1) is 9.45. The number of aromatic nitrogens is 1. The molecule has 1 saturated heterocycles. The molecule has 1 atom stereocenters. The molecule has 1 aliphatic rings. The molecule has 0 spiro atoms. The lowest BCUT2D eigenvalue weighted by atomic mass is 10.3. The van der Waals surface area contributed by atoms with Crippen LogP contribution in [0.15, 0.2) is 36.7 Å². The van der Waals surface area contributed by atoms with Gasteiger partial charge in [0, 0.05) is 37.3 Å². The molecule has 1 fully saturated rings. The van der Waals surface area contributed by atoms with Crippen molar-refractivity contribution in [1.29, 1.82) is 0 Å². The van der Waals surface area contributed by atoms with Crippen molar-refractivity contribution in [2.45, 2.75) is 11.7 Å². The Labute approximate surface area is 117 Å². The van der Waals surface area contributed by atoms with E-state index in [-0.39, 0.29) is 5.91 Å². The van der Waals surface area contributed by atoms with Gasteiger partial charge in [0.25, 0.3) is 5.91 Å². The number of pyridine rings is 1. The number of carbonyl (C=O) groups excluding carboxylic acids is 1. The van der Waals surface area contributed by atoms with Gasteiger partial charge in [0.15, 0.2) is 9.84 Å². The standard InChI is InChI=1S/C14H16N2O3S/c1-20(18,19)13-5-7-16(10-13)14(17)11-8-12-4-2-3-6-15(12)9-11/h2-4,6,8-9,13H,5,7,10H2,1H3. The Balaban J connectivity index is 1.83. The first-order valence-corrected chi connectivity index (χ1v) is 8.45.